The number of nitrogens with one attached hydrogen (secondary N) is 1. The van der Waals surface area contributed by atoms with E-state index in [1.807, 2.05) is 38.1 Å². The van der Waals surface area contributed by atoms with Crippen LogP contribution in [-0.2, 0) is 16.0 Å². The number of thiophene rings is 1. The third-order valence-electron chi connectivity index (χ3n) is 3.76. The third-order valence-corrected chi connectivity index (χ3v) is 4.71. The summed E-state index contributed by atoms with van der Waals surface area (Å²) in [6.07, 6.45) is 2.20. The lowest BCUT2D eigenvalue weighted by atomic mass is 10.1. The van der Waals surface area contributed by atoms with Gasteiger partial charge in [-0.25, -0.2) is 9.69 Å². The first-order chi connectivity index (χ1) is 11.5. The van der Waals surface area contributed by atoms with Gasteiger partial charge in [0.1, 0.15) is 5.57 Å². The predicted octanol–water partition coefficient (Wildman–Crippen LogP) is 3.29. The minimum absolute atomic E-state index is 0.0395. The van der Waals surface area contributed by atoms with Crippen molar-refractivity contribution in [2.24, 2.45) is 0 Å². The SMILES string of the molecule is CCc1ccccc1N1C(=O)NC(=O)/C(=C\c2ccc(C)s2)C1=O. The van der Waals surface area contributed by atoms with Crippen molar-refractivity contribution in [3.8, 4) is 0 Å². The van der Waals surface area contributed by atoms with Crippen molar-refractivity contribution in [1.29, 1.82) is 0 Å². The molecule has 0 saturated carbocycles. The Labute approximate surface area is 143 Å². The molecule has 0 bridgehead atoms. The highest BCUT2D eigenvalue weighted by Crippen LogP contribution is 2.27. The molecule has 0 radical (unpaired) electrons. The molecule has 3 rings (SSSR count). The third kappa shape index (κ3) is 2.88. The second-order valence-corrected chi connectivity index (χ2v) is 6.71. The number of anilines is 1. The zero-order valence-electron chi connectivity index (χ0n) is 13.3. The highest BCUT2D eigenvalue weighted by Gasteiger charge is 2.37. The Hall–Kier alpha value is -2.73. The number of rotatable bonds is 3. The number of urea groups is 1. The van der Waals surface area contributed by atoms with Crippen LogP contribution in [-0.4, -0.2) is 17.8 Å². The number of carbonyl (C=O) groups is 3. The van der Waals surface area contributed by atoms with Gasteiger partial charge in [-0.2, -0.15) is 0 Å². The molecule has 0 aliphatic carbocycles. The molecule has 2 aromatic rings. The van der Waals surface area contributed by atoms with E-state index in [0.29, 0.717) is 12.1 Å². The van der Waals surface area contributed by atoms with E-state index in [2.05, 4.69) is 5.32 Å². The van der Waals surface area contributed by atoms with Crippen molar-refractivity contribution >= 4 is 40.9 Å². The molecule has 0 spiro atoms. The molecular weight excluding hydrogens is 324 g/mol. The summed E-state index contributed by atoms with van der Waals surface area (Å²) in [5.74, 6) is -1.27. The fourth-order valence-electron chi connectivity index (χ4n) is 2.58. The number of benzene rings is 1. The van der Waals surface area contributed by atoms with Gasteiger partial charge >= 0.3 is 6.03 Å². The van der Waals surface area contributed by atoms with Gasteiger partial charge < -0.3 is 0 Å². The number of barbiturate groups is 1. The van der Waals surface area contributed by atoms with Gasteiger partial charge in [0, 0.05) is 9.75 Å². The zero-order valence-corrected chi connectivity index (χ0v) is 14.1. The van der Waals surface area contributed by atoms with Crippen LogP contribution in [0, 0.1) is 6.92 Å². The van der Waals surface area contributed by atoms with Gasteiger partial charge in [-0.15, -0.1) is 11.3 Å². The van der Waals surface area contributed by atoms with Gasteiger partial charge in [0.15, 0.2) is 0 Å². The fraction of sp³-hybridized carbons (Fsp3) is 0.167. The van der Waals surface area contributed by atoms with Crippen LogP contribution < -0.4 is 10.2 Å². The van der Waals surface area contributed by atoms with Gasteiger partial charge in [0.05, 0.1) is 5.69 Å². The number of nitrogens with zero attached hydrogens (tertiary/aromatic N) is 1. The van der Waals surface area contributed by atoms with E-state index in [0.717, 1.165) is 20.2 Å². The maximum absolute atomic E-state index is 12.8. The summed E-state index contributed by atoms with van der Waals surface area (Å²) in [6, 6.07) is 10.2. The topological polar surface area (TPSA) is 66.5 Å². The standard InChI is InChI=1S/C18H16N2O3S/c1-3-12-6-4-5-7-15(12)20-17(22)14(16(21)19-18(20)23)10-13-9-8-11(2)24-13/h4-10H,3H2,1-2H3,(H,19,21,23)/b14-10+. The Balaban J connectivity index is 2.05. The van der Waals surface area contributed by atoms with E-state index >= 15 is 0 Å². The van der Waals surface area contributed by atoms with Crippen molar-refractivity contribution in [3.05, 3.63) is 57.3 Å². The molecule has 5 nitrogen and oxygen atoms in total. The molecule has 122 valence electrons. The van der Waals surface area contributed by atoms with Crippen LogP contribution in [0.1, 0.15) is 22.2 Å². The molecule has 1 aliphatic heterocycles. The summed E-state index contributed by atoms with van der Waals surface area (Å²) in [6.45, 7) is 3.89. The molecule has 2 heterocycles. The van der Waals surface area contributed by atoms with E-state index < -0.39 is 17.8 Å². The largest absolute Gasteiger partial charge is 0.335 e. The lowest BCUT2D eigenvalue weighted by Crippen LogP contribution is -2.54. The minimum Gasteiger partial charge on any atom is -0.273 e. The van der Waals surface area contributed by atoms with E-state index in [1.165, 1.54) is 17.4 Å². The molecule has 6 heteroatoms. The van der Waals surface area contributed by atoms with Gasteiger partial charge in [-0.05, 0) is 43.2 Å². The number of imide groups is 2. The first kappa shape index (κ1) is 16.1. The van der Waals surface area contributed by atoms with E-state index in [9.17, 15) is 14.4 Å². The van der Waals surface area contributed by atoms with Crippen LogP contribution in [0.5, 0.6) is 0 Å². The fourth-order valence-corrected chi connectivity index (χ4v) is 3.40. The van der Waals surface area contributed by atoms with Crippen LogP contribution in [0.2, 0.25) is 0 Å². The molecule has 1 N–H and O–H groups in total. The Morgan fingerprint density at radius 2 is 1.88 bits per heavy atom. The smallest absolute Gasteiger partial charge is 0.273 e. The number of hydrogen-bond acceptors (Lipinski definition) is 4. The highest BCUT2D eigenvalue weighted by atomic mass is 32.1. The maximum Gasteiger partial charge on any atom is 0.335 e. The molecule has 1 aliphatic rings. The Kier molecular flexibility index (Phi) is 4.31. The summed E-state index contributed by atoms with van der Waals surface area (Å²) < 4.78 is 0. The van der Waals surface area contributed by atoms with Gasteiger partial charge in [0.2, 0.25) is 0 Å². The number of para-hydroxylation sites is 1. The van der Waals surface area contributed by atoms with Crippen LogP contribution in [0.3, 0.4) is 0 Å². The van der Waals surface area contributed by atoms with E-state index in [1.54, 1.807) is 12.1 Å². The average molecular weight is 340 g/mol. The second-order valence-electron chi connectivity index (χ2n) is 5.39. The van der Waals surface area contributed by atoms with Crippen LogP contribution in [0.4, 0.5) is 10.5 Å². The quantitative estimate of drug-likeness (QED) is 0.689. The van der Waals surface area contributed by atoms with Gasteiger partial charge in [-0.3, -0.25) is 14.9 Å². The lowest BCUT2D eigenvalue weighted by Gasteiger charge is -2.27. The molecule has 24 heavy (non-hydrogen) atoms. The molecule has 1 saturated heterocycles. The molecule has 0 atom stereocenters. The summed E-state index contributed by atoms with van der Waals surface area (Å²) in [5.41, 5.74) is 1.33. The molecule has 1 fully saturated rings. The first-order valence-corrected chi connectivity index (χ1v) is 8.38. The molecule has 1 aromatic carbocycles. The van der Waals surface area contributed by atoms with Crippen molar-refractivity contribution in [2.75, 3.05) is 4.90 Å². The summed E-state index contributed by atoms with van der Waals surface area (Å²) in [4.78, 5) is 40.1. The summed E-state index contributed by atoms with van der Waals surface area (Å²) in [5, 5.41) is 2.25. The monoisotopic (exact) mass is 340 g/mol. The maximum atomic E-state index is 12.8. The Morgan fingerprint density at radius 3 is 2.54 bits per heavy atom. The van der Waals surface area contributed by atoms with E-state index in [4.69, 9.17) is 0 Å². The number of amides is 4. The van der Waals surface area contributed by atoms with Crippen LogP contribution in [0.25, 0.3) is 6.08 Å². The predicted molar refractivity (Wildman–Crippen MR) is 93.9 cm³/mol. The Bertz CT molecular complexity index is 867. The van der Waals surface area contributed by atoms with Crippen molar-refractivity contribution in [3.63, 3.8) is 0 Å². The average Bonchev–Trinajstić information content (AvgIpc) is 2.97. The molecule has 1 aromatic heterocycles. The lowest BCUT2D eigenvalue weighted by molar-refractivity contribution is -0.122. The normalized spacial score (nSPS) is 16.7. The van der Waals surface area contributed by atoms with Crippen molar-refractivity contribution < 1.29 is 14.4 Å². The second kappa shape index (κ2) is 6.41. The highest BCUT2D eigenvalue weighted by molar-refractivity contribution is 7.12. The number of hydrogen-bond donors (Lipinski definition) is 1. The minimum atomic E-state index is -0.717. The van der Waals surface area contributed by atoms with Crippen molar-refractivity contribution in [2.45, 2.75) is 20.3 Å². The van der Waals surface area contributed by atoms with Crippen LogP contribution in [0.15, 0.2) is 42.0 Å². The Morgan fingerprint density at radius 1 is 1.12 bits per heavy atom. The van der Waals surface area contributed by atoms with Crippen LogP contribution >= 0.6 is 11.3 Å². The number of carbonyl (C=O) groups excluding carboxylic acids is 3. The molecule has 4 amide bonds. The summed E-state index contributed by atoms with van der Waals surface area (Å²) in [7, 11) is 0. The zero-order chi connectivity index (χ0) is 17.3. The number of aryl methyl sites for hydroxylation is 2. The molecular formula is C18H16N2O3S. The molecule has 0 unspecified atom stereocenters. The van der Waals surface area contributed by atoms with Gasteiger partial charge in [0.25, 0.3) is 11.8 Å². The van der Waals surface area contributed by atoms with E-state index in [-0.39, 0.29) is 5.57 Å². The summed E-state index contributed by atoms with van der Waals surface area (Å²) >= 11 is 1.48. The van der Waals surface area contributed by atoms with Crippen molar-refractivity contribution in [1.82, 2.24) is 5.32 Å². The van der Waals surface area contributed by atoms with Gasteiger partial charge in [-0.1, -0.05) is 25.1 Å². The first-order valence-electron chi connectivity index (χ1n) is 7.57.